The van der Waals surface area contributed by atoms with Crippen LogP contribution in [0.3, 0.4) is 0 Å². The Balaban J connectivity index is 1.89. The van der Waals surface area contributed by atoms with Crippen LogP contribution < -0.4 is 18.9 Å². The van der Waals surface area contributed by atoms with E-state index in [4.69, 9.17) is 18.9 Å². The van der Waals surface area contributed by atoms with Crippen molar-refractivity contribution in [1.29, 1.82) is 0 Å². The van der Waals surface area contributed by atoms with E-state index in [0.29, 0.717) is 28.6 Å². The van der Waals surface area contributed by atoms with Crippen molar-refractivity contribution < 1.29 is 29.2 Å². The first-order valence-electron chi connectivity index (χ1n) is 7.74. The summed E-state index contributed by atoms with van der Waals surface area (Å²) in [6.07, 6.45) is -0.992. The molecule has 0 radical (unpaired) electrons. The van der Waals surface area contributed by atoms with Crippen molar-refractivity contribution in [3.05, 3.63) is 41.5 Å². The minimum absolute atomic E-state index is 0.0644. The second-order valence-electron chi connectivity index (χ2n) is 5.99. The molecule has 24 heavy (non-hydrogen) atoms. The number of hydrogen-bond donors (Lipinski definition) is 2. The normalized spacial score (nSPS) is 24.2. The average molecular weight is 330 g/mol. The van der Waals surface area contributed by atoms with Gasteiger partial charge in [-0.05, 0) is 12.1 Å². The summed E-state index contributed by atoms with van der Waals surface area (Å²) in [6, 6.07) is 8.90. The van der Waals surface area contributed by atoms with Crippen molar-refractivity contribution in [2.45, 2.75) is 19.1 Å². The highest BCUT2D eigenvalue weighted by Gasteiger charge is 2.38. The third-order valence-electron chi connectivity index (χ3n) is 4.65. The first kappa shape index (κ1) is 15.0. The number of phenols is 1. The Morgan fingerprint density at radius 3 is 2.58 bits per heavy atom. The zero-order valence-electron chi connectivity index (χ0n) is 13.4. The molecule has 2 aliphatic rings. The smallest absolute Gasteiger partial charge is 0.231 e. The number of benzene rings is 2. The van der Waals surface area contributed by atoms with Crippen LogP contribution in [0.4, 0.5) is 0 Å². The largest absolute Gasteiger partial charge is 0.504 e. The summed E-state index contributed by atoms with van der Waals surface area (Å²) in [5.74, 6) is 1.66. The van der Waals surface area contributed by atoms with E-state index in [2.05, 4.69) is 0 Å². The second kappa shape index (κ2) is 5.49. The zero-order chi connectivity index (χ0) is 16.8. The molecule has 0 fully saturated rings. The van der Waals surface area contributed by atoms with Gasteiger partial charge in [0.15, 0.2) is 23.0 Å². The minimum Gasteiger partial charge on any atom is -0.504 e. The topological polar surface area (TPSA) is 77.4 Å². The van der Waals surface area contributed by atoms with E-state index in [-0.39, 0.29) is 24.4 Å². The second-order valence-corrected chi connectivity index (χ2v) is 5.99. The van der Waals surface area contributed by atoms with Crippen LogP contribution in [0.5, 0.6) is 28.7 Å². The van der Waals surface area contributed by atoms with Gasteiger partial charge in [-0.15, -0.1) is 0 Å². The van der Waals surface area contributed by atoms with Crippen LogP contribution in [0, 0.1) is 5.92 Å². The van der Waals surface area contributed by atoms with Gasteiger partial charge < -0.3 is 29.2 Å². The summed E-state index contributed by atoms with van der Waals surface area (Å²) in [5.41, 5.74) is 1.50. The Morgan fingerprint density at radius 2 is 1.83 bits per heavy atom. The quantitative estimate of drug-likeness (QED) is 0.881. The van der Waals surface area contributed by atoms with Crippen LogP contribution in [0.2, 0.25) is 0 Å². The van der Waals surface area contributed by atoms with Crippen molar-refractivity contribution in [3.63, 3.8) is 0 Å². The van der Waals surface area contributed by atoms with E-state index in [9.17, 15) is 10.2 Å². The third-order valence-corrected chi connectivity index (χ3v) is 4.65. The molecule has 6 heteroatoms. The molecule has 0 unspecified atom stereocenters. The number of ether oxygens (including phenoxy) is 4. The maximum absolute atomic E-state index is 10.6. The van der Waals surface area contributed by atoms with E-state index >= 15 is 0 Å². The third kappa shape index (κ3) is 2.14. The van der Waals surface area contributed by atoms with Crippen molar-refractivity contribution in [2.24, 2.45) is 5.92 Å². The number of aliphatic hydroxyl groups is 1. The molecule has 4 rings (SSSR count). The number of phenolic OH excluding ortho intramolecular Hbond substituents is 1. The van der Waals surface area contributed by atoms with Crippen LogP contribution >= 0.6 is 0 Å². The molecule has 6 nitrogen and oxygen atoms in total. The summed E-state index contributed by atoms with van der Waals surface area (Å²) >= 11 is 0. The maximum Gasteiger partial charge on any atom is 0.231 e. The van der Waals surface area contributed by atoms with Gasteiger partial charge in [-0.3, -0.25) is 0 Å². The first-order valence-corrected chi connectivity index (χ1v) is 7.74. The highest BCUT2D eigenvalue weighted by atomic mass is 16.7. The maximum atomic E-state index is 10.6. The fraction of sp³-hybridized carbons (Fsp3) is 0.333. The van der Waals surface area contributed by atoms with Crippen LogP contribution in [0.1, 0.15) is 24.0 Å². The number of fused-ring (bicyclic) bond motifs is 2. The highest BCUT2D eigenvalue weighted by Crippen LogP contribution is 2.51. The molecule has 2 aliphatic heterocycles. The molecule has 2 heterocycles. The highest BCUT2D eigenvalue weighted by molar-refractivity contribution is 5.58. The molecule has 126 valence electrons. The lowest BCUT2D eigenvalue weighted by Gasteiger charge is -2.36. The van der Waals surface area contributed by atoms with Gasteiger partial charge in [-0.25, -0.2) is 0 Å². The van der Waals surface area contributed by atoms with Gasteiger partial charge >= 0.3 is 0 Å². The lowest BCUT2D eigenvalue weighted by molar-refractivity contribution is -0.0730. The van der Waals surface area contributed by atoms with Gasteiger partial charge in [0.2, 0.25) is 13.1 Å². The molecular formula is C18H18O6. The first-order chi connectivity index (χ1) is 11.6. The van der Waals surface area contributed by atoms with Gasteiger partial charge in [-0.1, -0.05) is 19.1 Å². The molecule has 0 aromatic heterocycles. The van der Waals surface area contributed by atoms with Gasteiger partial charge in [0.25, 0.3) is 0 Å². The molecule has 2 aromatic rings. The lowest BCUT2D eigenvalue weighted by Crippen LogP contribution is -2.34. The Labute approximate surface area is 139 Å². The Bertz CT molecular complexity index is 787. The Morgan fingerprint density at radius 1 is 1.08 bits per heavy atom. The van der Waals surface area contributed by atoms with E-state index in [1.54, 1.807) is 12.1 Å². The van der Waals surface area contributed by atoms with E-state index in [0.717, 1.165) is 5.56 Å². The number of rotatable bonds is 2. The number of para-hydroxylation sites is 1. The number of aliphatic hydroxyl groups excluding tert-OH is 1. The van der Waals surface area contributed by atoms with E-state index in [1.807, 2.05) is 25.1 Å². The fourth-order valence-electron chi connectivity index (χ4n) is 3.38. The average Bonchev–Trinajstić information content (AvgIpc) is 3.02. The fourth-order valence-corrected chi connectivity index (χ4v) is 3.38. The molecule has 0 amide bonds. The molecule has 3 atom stereocenters. The number of aromatic hydroxyl groups is 1. The van der Waals surface area contributed by atoms with Crippen LogP contribution in [-0.2, 0) is 0 Å². The number of hydrogen-bond acceptors (Lipinski definition) is 6. The lowest BCUT2D eigenvalue weighted by atomic mass is 9.78. The van der Waals surface area contributed by atoms with Crippen LogP contribution in [0.25, 0.3) is 0 Å². The van der Waals surface area contributed by atoms with Gasteiger partial charge in [-0.2, -0.15) is 0 Å². The van der Waals surface area contributed by atoms with Crippen molar-refractivity contribution in [3.8, 4) is 28.7 Å². The molecular weight excluding hydrogens is 312 g/mol. The summed E-state index contributed by atoms with van der Waals surface area (Å²) in [6.45, 7) is 2.03. The Kier molecular flexibility index (Phi) is 3.42. The van der Waals surface area contributed by atoms with Gasteiger partial charge in [0, 0.05) is 29.0 Å². The van der Waals surface area contributed by atoms with Gasteiger partial charge in [0.1, 0.15) is 5.75 Å². The summed E-state index contributed by atoms with van der Waals surface area (Å²) < 4.78 is 21.7. The summed E-state index contributed by atoms with van der Waals surface area (Å²) in [4.78, 5) is 0. The summed E-state index contributed by atoms with van der Waals surface area (Å²) in [7, 11) is 1.51. The van der Waals surface area contributed by atoms with E-state index < -0.39 is 6.29 Å². The molecule has 0 bridgehead atoms. The van der Waals surface area contributed by atoms with Crippen LogP contribution in [0.15, 0.2) is 30.3 Å². The summed E-state index contributed by atoms with van der Waals surface area (Å²) in [5, 5.41) is 20.9. The van der Waals surface area contributed by atoms with Crippen molar-refractivity contribution in [1.82, 2.24) is 0 Å². The van der Waals surface area contributed by atoms with Crippen LogP contribution in [-0.4, -0.2) is 30.4 Å². The predicted molar refractivity (Wildman–Crippen MR) is 84.9 cm³/mol. The molecule has 0 saturated heterocycles. The zero-order valence-corrected chi connectivity index (χ0v) is 13.4. The SMILES string of the molecule is COc1cccc([C@H]2c3cc4c(cc3O[C@@H](O)[C@@H]2C)OCO4)c1O. The molecule has 0 spiro atoms. The number of methoxy groups -OCH3 is 1. The van der Waals surface area contributed by atoms with Crippen molar-refractivity contribution >= 4 is 0 Å². The predicted octanol–water partition coefficient (Wildman–Crippen LogP) is 2.61. The van der Waals surface area contributed by atoms with Gasteiger partial charge in [0.05, 0.1) is 7.11 Å². The monoisotopic (exact) mass is 330 g/mol. The molecule has 0 aliphatic carbocycles. The minimum atomic E-state index is -0.992. The molecule has 2 aromatic carbocycles. The molecule has 2 N–H and O–H groups in total. The van der Waals surface area contributed by atoms with E-state index in [1.165, 1.54) is 7.11 Å². The molecule has 0 saturated carbocycles. The van der Waals surface area contributed by atoms with Crippen molar-refractivity contribution in [2.75, 3.05) is 13.9 Å². The Hall–Kier alpha value is -2.60. The standard InChI is InChI=1S/C18H18O6/c1-9-16(10-4-3-5-12(21-2)17(10)19)11-6-14-15(23-8-22-14)7-13(11)24-18(9)20/h3-7,9,16,18-20H,8H2,1-2H3/t9-,16+,18-/m1/s1.